The summed E-state index contributed by atoms with van der Waals surface area (Å²) in [6.07, 6.45) is 4.82. The number of nitrogens with one attached hydrogen (secondary N) is 2. The van der Waals surface area contributed by atoms with Crippen molar-refractivity contribution < 1.29 is 17.5 Å². The average molecular weight is 519 g/mol. The van der Waals surface area contributed by atoms with Gasteiger partial charge in [0.1, 0.15) is 11.6 Å². The van der Waals surface area contributed by atoms with Crippen molar-refractivity contribution in [3.05, 3.63) is 93.7 Å². The summed E-state index contributed by atoms with van der Waals surface area (Å²) in [7, 11) is -2.47. The van der Waals surface area contributed by atoms with Gasteiger partial charge in [-0.2, -0.15) is 0 Å². The van der Waals surface area contributed by atoms with Gasteiger partial charge in [-0.25, -0.2) is 12.8 Å². The number of benzene rings is 3. The Morgan fingerprint density at radius 3 is 2.71 bits per heavy atom. The summed E-state index contributed by atoms with van der Waals surface area (Å²) in [6, 6.07) is 13.9. The second kappa shape index (κ2) is 8.80. The number of allylic oxidation sites excluding steroid dienone is 2. The predicted molar refractivity (Wildman–Crippen MR) is 133 cm³/mol. The molecule has 0 fully saturated rings. The number of hydrogen-bond acceptors (Lipinski definition) is 4. The number of halogens is 3. The van der Waals surface area contributed by atoms with Crippen LogP contribution in [0.5, 0.6) is 5.75 Å². The molecule has 2 aliphatic rings. The maximum Gasteiger partial charge on any atom is 0.262 e. The van der Waals surface area contributed by atoms with E-state index in [0.29, 0.717) is 21.4 Å². The molecule has 0 saturated carbocycles. The largest absolute Gasteiger partial charge is 0.495 e. The molecule has 9 heteroatoms. The Balaban J connectivity index is 1.52. The fraction of sp³-hybridized carbons (Fsp3) is 0.200. The predicted octanol–water partition coefficient (Wildman–Crippen LogP) is 6.77. The Hall–Kier alpha value is -2.74. The van der Waals surface area contributed by atoms with Gasteiger partial charge < -0.3 is 10.1 Å². The first-order chi connectivity index (χ1) is 16.3. The van der Waals surface area contributed by atoms with E-state index in [-0.39, 0.29) is 34.3 Å². The van der Waals surface area contributed by atoms with Crippen molar-refractivity contribution in [2.24, 2.45) is 5.92 Å². The number of ether oxygens (including phenoxy) is 1. The molecule has 0 bridgehead atoms. The van der Waals surface area contributed by atoms with Gasteiger partial charge in [-0.05, 0) is 66.4 Å². The first kappa shape index (κ1) is 23.0. The van der Waals surface area contributed by atoms with Crippen LogP contribution in [0.4, 0.5) is 15.8 Å². The van der Waals surface area contributed by atoms with Crippen LogP contribution in [-0.2, 0) is 10.0 Å². The first-order valence-electron chi connectivity index (χ1n) is 10.7. The normalized spacial score (nSPS) is 20.9. The summed E-state index contributed by atoms with van der Waals surface area (Å²) in [5, 5.41) is 4.15. The van der Waals surface area contributed by atoms with Crippen LogP contribution in [-0.4, -0.2) is 15.5 Å². The summed E-state index contributed by atoms with van der Waals surface area (Å²) < 4.78 is 49.0. The van der Waals surface area contributed by atoms with Crippen molar-refractivity contribution in [2.75, 3.05) is 17.1 Å². The SMILES string of the molecule is COc1ccc(Cl)cc1NS(=O)(=O)c1ccc2c(c1)[C@H]1C=CC[C@H]1[C@@H](c1c(F)cccc1Cl)N2. The highest BCUT2D eigenvalue weighted by Gasteiger charge is 2.40. The van der Waals surface area contributed by atoms with Gasteiger partial charge in [0.25, 0.3) is 10.0 Å². The van der Waals surface area contributed by atoms with Crippen molar-refractivity contribution in [3.63, 3.8) is 0 Å². The lowest BCUT2D eigenvalue weighted by molar-refractivity contribution is 0.413. The summed E-state index contributed by atoms with van der Waals surface area (Å²) in [4.78, 5) is 0.108. The van der Waals surface area contributed by atoms with E-state index in [2.05, 4.69) is 16.1 Å². The second-order valence-electron chi connectivity index (χ2n) is 8.31. The molecule has 34 heavy (non-hydrogen) atoms. The van der Waals surface area contributed by atoms with E-state index in [1.54, 1.807) is 36.4 Å². The topological polar surface area (TPSA) is 67.4 Å². The Labute approximate surface area is 207 Å². The van der Waals surface area contributed by atoms with E-state index >= 15 is 0 Å². The number of methoxy groups -OCH3 is 1. The van der Waals surface area contributed by atoms with E-state index in [1.807, 2.05) is 6.08 Å². The lowest BCUT2D eigenvalue weighted by Gasteiger charge is -2.38. The fourth-order valence-corrected chi connectivity index (χ4v) is 6.35. The molecule has 0 saturated heterocycles. The zero-order valence-corrected chi connectivity index (χ0v) is 20.4. The number of rotatable bonds is 5. The van der Waals surface area contributed by atoms with Gasteiger partial charge in [0.15, 0.2) is 0 Å². The van der Waals surface area contributed by atoms with Crippen molar-refractivity contribution in [3.8, 4) is 5.75 Å². The minimum atomic E-state index is -3.93. The minimum absolute atomic E-state index is 0.000775. The molecule has 0 spiro atoms. The molecule has 3 aromatic rings. The van der Waals surface area contributed by atoms with Crippen LogP contribution in [0.25, 0.3) is 0 Å². The number of anilines is 2. The molecule has 0 aromatic heterocycles. The van der Waals surface area contributed by atoms with Crippen molar-refractivity contribution >= 4 is 44.6 Å². The minimum Gasteiger partial charge on any atom is -0.495 e. The van der Waals surface area contributed by atoms with E-state index < -0.39 is 10.0 Å². The van der Waals surface area contributed by atoms with Crippen molar-refractivity contribution in [1.82, 2.24) is 0 Å². The summed E-state index contributed by atoms with van der Waals surface area (Å²) >= 11 is 12.4. The molecule has 1 aliphatic carbocycles. The number of hydrogen-bond donors (Lipinski definition) is 2. The van der Waals surface area contributed by atoms with Crippen LogP contribution in [0, 0.1) is 11.7 Å². The van der Waals surface area contributed by atoms with E-state index in [0.717, 1.165) is 17.7 Å². The number of fused-ring (bicyclic) bond motifs is 3. The van der Waals surface area contributed by atoms with Gasteiger partial charge in [0, 0.05) is 27.2 Å². The quantitative estimate of drug-likeness (QED) is 0.365. The molecule has 0 amide bonds. The third-order valence-electron chi connectivity index (χ3n) is 6.36. The van der Waals surface area contributed by atoms with Crippen LogP contribution in [0.1, 0.15) is 29.5 Å². The van der Waals surface area contributed by atoms with Gasteiger partial charge in [-0.3, -0.25) is 4.72 Å². The maximum atomic E-state index is 14.7. The van der Waals surface area contributed by atoms with Crippen LogP contribution < -0.4 is 14.8 Å². The summed E-state index contributed by atoms with van der Waals surface area (Å²) in [5.74, 6) is -0.0809. The van der Waals surface area contributed by atoms with Gasteiger partial charge >= 0.3 is 0 Å². The van der Waals surface area contributed by atoms with Gasteiger partial charge in [0.05, 0.1) is 23.7 Å². The third kappa shape index (κ3) is 4.02. The lowest BCUT2D eigenvalue weighted by Crippen LogP contribution is -2.30. The first-order valence-corrected chi connectivity index (χ1v) is 12.9. The summed E-state index contributed by atoms with van der Waals surface area (Å²) in [6.45, 7) is 0. The Bertz CT molecular complexity index is 1390. The highest BCUT2D eigenvalue weighted by molar-refractivity contribution is 7.92. The Morgan fingerprint density at radius 2 is 1.94 bits per heavy atom. The molecular weight excluding hydrogens is 498 g/mol. The zero-order chi connectivity index (χ0) is 24.0. The fourth-order valence-electron chi connectivity index (χ4n) is 4.80. The van der Waals surface area contributed by atoms with E-state index in [9.17, 15) is 12.8 Å². The Morgan fingerprint density at radius 1 is 1.12 bits per heavy atom. The molecular formula is C25H21Cl2FN2O3S. The van der Waals surface area contributed by atoms with Gasteiger partial charge in [-0.15, -0.1) is 0 Å². The smallest absolute Gasteiger partial charge is 0.262 e. The van der Waals surface area contributed by atoms with Gasteiger partial charge in [-0.1, -0.05) is 41.4 Å². The molecule has 1 aliphatic heterocycles. The zero-order valence-electron chi connectivity index (χ0n) is 18.1. The molecule has 0 radical (unpaired) electrons. The third-order valence-corrected chi connectivity index (χ3v) is 8.29. The standard InChI is InChI=1S/C25H21Cl2FN2O3S/c1-33-23-11-8-14(26)12-22(23)30-34(31,32)15-9-10-21-18(13-15)16-4-2-5-17(16)25(29-21)24-19(27)6-3-7-20(24)28/h2-4,6-13,16-17,25,29-30H,5H2,1H3/t16-,17+,25-/m0/s1. The molecule has 5 nitrogen and oxygen atoms in total. The number of sulfonamides is 1. The molecule has 2 N–H and O–H groups in total. The molecule has 176 valence electrons. The lowest BCUT2D eigenvalue weighted by atomic mass is 9.77. The molecule has 1 heterocycles. The Kier molecular flexibility index (Phi) is 5.96. The van der Waals surface area contributed by atoms with Crippen LogP contribution in [0.15, 0.2) is 71.6 Å². The average Bonchev–Trinajstić information content (AvgIpc) is 3.29. The van der Waals surface area contributed by atoms with E-state index in [1.165, 1.54) is 25.3 Å². The van der Waals surface area contributed by atoms with Gasteiger partial charge in [0.2, 0.25) is 0 Å². The maximum absolute atomic E-state index is 14.7. The van der Waals surface area contributed by atoms with Crippen molar-refractivity contribution in [1.29, 1.82) is 0 Å². The van der Waals surface area contributed by atoms with Crippen molar-refractivity contribution in [2.45, 2.75) is 23.3 Å². The molecule has 3 atom stereocenters. The monoisotopic (exact) mass is 518 g/mol. The highest BCUT2D eigenvalue weighted by atomic mass is 35.5. The molecule has 3 aromatic carbocycles. The van der Waals surface area contributed by atoms with E-state index in [4.69, 9.17) is 27.9 Å². The molecule has 5 rings (SSSR count). The highest BCUT2D eigenvalue weighted by Crippen LogP contribution is 2.51. The second-order valence-corrected chi connectivity index (χ2v) is 10.8. The summed E-state index contributed by atoms with van der Waals surface area (Å²) in [5.41, 5.74) is 2.26. The molecule has 0 unspecified atom stereocenters. The van der Waals surface area contributed by atoms with Crippen LogP contribution in [0.2, 0.25) is 10.0 Å². The van der Waals surface area contributed by atoms with Crippen LogP contribution >= 0.6 is 23.2 Å². The van der Waals surface area contributed by atoms with Crippen LogP contribution in [0.3, 0.4) is 0 Å².